The molecule has 3 aliphatic rings. The van der Waals surface area contributed by atoms with Crippen LogP contribution in [0, 0.1) is 23.2 Å². The maximum absolute atomic E-state index is 14.7. The van der Waals surface area contributed by atoms with Gasteiger partial charge >= 0.3 is 5.97 Å². The number of nitrogens with zero attached hydrogens (tertiary/aromatic N) is 6. The summed E-state index contributed by atoms with van der Waals surface area (Å²) in [6.45, 7) is 11.3. The van der Waals surface area contributed by atoms with Crippen molar-refractivity contribution in [2.45, 2.75) is 97.0 Å². The second-order valence-corrected chi connectivity index (χ2v) is 19.4. The van der Waals surface area contributed by atoms with Crippen molar-refractivity contribution in [2.24, 2.45) is 11.3 Å². The standard InChI is InChI=1S/C51H64N8O7/c1-9-58-42-20-19-36-28-38(42)39(45(58)37-16-11-22-52-30-37)29-50(4,5)32-66-48(63)40-17-12-24-59(54-40)47(62)41(27-34-14-10-15-35(36)26-34)53-46(61)44(33(2)3)56(8)49(64)51(65)21-25-57(31-51)43(60)18-13-23-55(6)7/h10-11,14-16,19-20,22,26,28,30,33,40-41,44,54,65H,9,12,17,21,23-25,27,29,31-32H2,1-8H3,(H,53,61)/t40-,41-,44-,51?/m0/s1. The molecule has 2 aromatic heterocycles. The third kappa shape index (κ3) is 10.3. The molecular weight excluding hydrogens is 837 g/mol. The van der Waals surface area contributed by atoms with Gasteiger partial charge in [-0.3, -0.25) is 38.9 Å². The number of fused-ring (bicyclic) bond motifs is 6. The molecule has 4 atom stereocenters. The largest absolute Gasteiger partial charge is 0.464 e. The summed E-state index contributed by atoms with van der Waals surface area (Å²) < 4.78 is 8.38. The van der Waals surface area contributed by atoms with Gasteiger partial charge in [0.25, 0.3) is 17.7 Å². The maximum atomic E-state index is 14.7. The van der Waals surface area contributed by atoms with Crippen LogP contribution < -0.4 is 10.7 Å². The van der Waals surface area contributed by atoms with Crippen LogP contribution in [0.1, 0.15) is 65.0 Å². The molecule has 6 bridgehead atoms. The van der Waals surface area contributed by atoms with E-state index in [0.717, 1.165) is 51.0 Å². The van der Waals surface area contributed by atoms with Crippen LogP contribution in [0.4, 0.5) is 0 Å². The van der Waals surface area contributed by atoms with Crippen molar-refractivity contribution in [3.63, 3.8) is 0 Å². The lowest BCUT2D eigenvalue weighted by Crippen LogP contribution is -2.63. The number of carbonyl (C=O) groups is 5. The summed E-state index contributed by atoms with van der Waals surface area (Å²) in [6, 6.07) is 15.4. The number of benzene rings is 2. The van der Waals surface area contributed by atoms with E-state index in [1.54, 1.807) is 20.0 Å². The molecule has 0 saturated carbocycles. The fourth-order valence-electron chi connectivity index (χ4n) is 9.59. The molecule has 5 heterocycles. The summed E-state index contributed by atoms with van der Waals surface area (Å²) in [5.41, 5.74) is 7.69. The maximum Gasteiger partial charge on any atom is 0.324 e. The molecule has 0 radical (unpaired) electrons. The number of likely N-dealkylation sites (N-methyl/N-ethyl adjacent to an activating group) is 1. The third-order valence-electron chi connectivity index (χ3n) is 12.9. The van der Waals surface area contributed by atoms with Crippen molar-refractivity contribution >= 4 is 40.5 Å². The molecule has 15 heteroatoms. The molecule has 0 spiro atoms. The first kappa shape index (κ1) is 47.9. The predicted molar refractivity (Wildman–Crippen MR) is 252 cm³/mol. The molecule has 66 heavy (non-hydrogen) atoms. The highest BCUT2D eigenvalue weighted by Crippen LogP contribution is 2.40. The van der Waals surface area contributed by atoms with E-state index in [2.05, 4.69) is 77.2 Å². The highest BCUT2D eigenvalue weighted by molar-refractivity contribution is 5.98. The highest BCUT2D eigenvalue weighted by Gasteiger charge is 2.48. The Balaban J connectivity index is 1.22. The van der Waals surface area contributed by atoms with Gasteiger partial charge in [-0.2, -0.15) is 0 Å². The zero-order valence-electron chi connectivity index (χ0n) is 39.5. The van der Waals surface area contributed by atoms with E-state index in [-0.39, 0.29) is 32.5 Å². The number of aryl methyl sites for hydroxylation is 1. The predicted octanol–water partition coefficient (Wildman–Crippen LogP) is 4.05. The number of β-amino-alcohol motifs (C(OH)–C–C–N with tert-alkyl or cyclic N) is 1. The summed E-state index contributed by atoms with van der Waals surface area (Å²) in [4.78, 5) is 78.9. The lowest BCUT2D eigenvalue weighted by molar-refractivity contribution is -0.156. The number of ether oxygens (including phenoxy) is 1. The normalized spacial score (nSPS) is 21.5. The van der Waals surface area contributed by atoms with Crippen molar-refractivity contribution in [1.29, 1.82) is 0 Å². The van der Waals surface area contributed by atoms with Gasteiger partial charge in [-0.1, -0.05) is 63.9 Å². The Kier molecular flexibility index (Phi) is 14.4. The van der Waals surface area contributed by atoms with Crippen molar-refractivity contribution in [3.8, 4) is 34.2 Å². The second-order valence-electron chi connectivity index (χ2n) is 19.4. The molecular formula is C51H64N8O7. The number of esters is 1. The molecule has 4 amide bonds. The molecule has 7 rings (SSSR count). The molecule has 2 saturated heterocycles. The van der Waals surface area contributed by atoms with Crippen LogP contribution in [0.25, 0.3) is 33.3 Å². The number of aliphatic hydroxyl groups is 1. The SMILES string of the molecule is CCn1c(-c2cccnc2)c2c3cc(ccc31)-c1cccc(c1)C[C@H](NC(=O)[C@H](C(C)C)N(C)C(=O)C1(O)CCN(C(=O)C#CCN(C)C)C1)C(=O)N1CCC[C@H](N1)C(=O)OCC(C)(C)C2. The van der Waals surface area contributed by atoms with Crippen LogP contribution in [0.2, 0.25) is 0 Å². The molecule has 4 aromatic rings. The van der Waals surface area contributed by atoms with E-state index in [9.17, 15) is 29.1 Å². The van der Waals surface area contributed by atoms with Gasteiger partial charge in [0.2, 0.25) is 5.91 Å². The minimum atomic E-state index is -1.93. The Morgan fingerprint density at radius 3 is 2.50 bits per heavy atom. The van der Waals surface area contributed by atoms with Gasteiger partial charge in [-0.15, -0.1) is 0 Å². The minimum Gasteiger partial charge on any atom is -0.464 e. The van der Waals surface area contributed by atoms with Crippen molar-refractivity contribution < 1.29 is 33.8 Å². The number of cyclic esters (lactones) is 1. The fourth-order valence-corrected chi connectivity index (χ4v) is 9.59. The number of hydrogen-bond donors (Lipinski definition) is 3. The average molecular weight is 901 g/mol. The van der Waals surface area contributed by atoms with Crippen LogP contribution >= 0.6 is 0 Å². The summed E-state index contributed by atoms with van der Waals surface area (Å²) in [7, 11) is 5.13. The summed E-state index contributed by atoms with van der Waals surface area (Å²) >= 11 is 0. The number of carbonyl (C=O) groups excluding carboxylic acids is 5. The van der Waals surface area contributed by atoms with Gasteiger partial charge in [-0.25, -0.2) is 5.43 Å². The van der Waals surface area contributed by atoms with Crippen LogP contribution in [-0.2, 0) is 48.1 Å². The van der Waals surface area contributed by atoms with E-state index in [1.807, 2.05) is 55.5 Å². The number of amides is 4. The number of pyridine rings is 1. The van der Waals surface area contributed by atoms with Gasteiger partial charge in [0.1, 0.15) is 18.1 Å². The monoisotopic (exact) mass is 900 g/mol. The summed E-state index contributed by atoms with van der Waals surface area (Å²) in [5, 5.41) is 17.1. The lowest BCUT2D eigenvalue weighted by atomic mass is 9.84. The van der Waals surface area contributed by atoms with Gasteiger partial charge in [0.15, 0.2) is 5.60 Å². The first-order valence-electron chi connectivity index (χ1n) is 23.0. The van der Waals surface area contributed by atoms with Crippen molar-refractivity contribution in [1.82, 2.24) is 40.0 Å². The van der Waals surface area contributed by atoms with E-state index >= 15 is 0 Å². The number of likely N-dealkylation sites (tertiary alicyclic amines) is 1. The number of aromatic nitrogens is 2. The van der Waals surface area contributed by atoms with E-state index in [0.29, 0.717) is 32.4 Å². The Hall–Kier alpha value is -6.08. The highest BCUT2D eigenvalue weighted by atomic mass is 16.5. The number of hydrazine groups is 1. The Bertz CT molecular complexity index is 2540. The van der Waals surface area contributed by atoms with Crippen LogP contribution in [0.15, 0.2) is 67.0 Å². The van der Waals surface area contributed by atoms with Crippen molar-refractivity contribution in [3.05, 3.63) is 78.1 Å². The molecule has 3 N–H and O–H groups in total. The fraction of sp³-hybridized carbons (Fsp3) is 0.490. The second kappa shape index (κ2) is 19.8. The molecule has 1 unspecified atom stereocenters. The van der Waals surface area contributed by atoms with Gasteiger partial charge in [0.05, 0.1) is 25.4 Å². The first-order valence-corrected chi connectivity index (χ1v) is 23.0. The molecule has 3 aliphatic heterocycles. The summed E-state index contributed by atoms with van der Waals surface area (Å²) in [5.74, 6) is 2.25. The lowest BCUT2D eigenvalue weighted by Gasteiger charge is -2.37. The van der Waals surface area contributed by atoms with Crippen molar-refractivity contribution in [2.75, 3.05) is 53.9 Å². The Morgan fingerprint density at radius 1 is 1.03 bits per heavy atom. The number of rotatable bonds is 8. The quantitative estimate of drug-likeness (QED) is 0.173. The summed E-state index contributed by atoms with van der Waals surface area (Å²) in [6.07, 6.45) is 5.33. The zero-order valence-corrected chi connectivity index (χ0v) is 39.5. The topological polar surface area (TPSA) is 170 Å². The molecule has 350 valence electrons. The van der Waals surface area contributed by atoms with E-state index < -0.39 is 64.7 Å². The molecule has 2 fully saturated rings. The molecule has 2 aromatic carbocycles. The minimum absolute atomic E-state index is 0.0206. The Morgan fingerprint density at radius 2 is 1.79 bits per heavy atom. The average Bonchev–Trinajstić information content (AvgIpc) is 3.85. The number of nitrogens with one attached hydrogen (secondary N) is 2. The van der Waals surface area contributed by atoms with Gasteiger partial charge < -0.3 is 29.5 Å². The van der Waals surface area contributed by atoms with Gasteiger partial charge in [-0.05, 0) is 98.6 Å². The Labute approximate surface area is 387 Å². The van der Waals surface area contributed by atoms with E-state index in [1.165, 1.54) is 21.9 Å². The zero-order chi connectivity index (χ0) is 47.5. The first-order chi connectivity index (χ1) is 31.4. The smallest absolute Gasteiger partial charge is 0.324 e. The number of hydrogen-bond acceptors (Lipinski definition) is 10. The van der Waals surface area contributed by atoms with E-state index in [4.69, 9.17) is 4.74 Å². The molecule has 0 aliphatic carbocycles. The molecule has 15 nitrogen and oxygen atoms in total. The third-order valence-corrected chi connectivity index (χ3v) is 12.9. The van der Waals surface area contributed by atoms with Crippen LogP contribution in [0.5, 0.6) is 0 Å². The van der Waals surface area contributed by atoms with Gasteiger partial charge in [0, 0.05) is 73.8 Å². The van der Waals surface area contributed by atoms with Crippen LogP contribution in [0.3, 0.4) is 0 Å². The van der Waals surface area contributed by atoms with Crippen LogP contribution in [-0.4, -0.2) is 142 Å².